The van der Waals surface area contributed by atoms with E-state index >= 15 is 0 Å². The first kappa shape index (κ1) is 8.61. The van der Waals surface area contributed by atoms with E-state index in [2.05, 4.69) is 9.36 Å². The molecule has 0 aliphatic carbocycles. The summed E-state index contributed by atoms with van der Waals surface area (Å²) in [5.74, 6) is 0.632. The van der Waals surface area contributed by atoms with Gasteiger partial charge in [-0.15, -0.1) is 0 Å². The Morgan fingerprint density at radius 3 is 2.55 bits per heavy atom. The largest absolute Gasteiger partial charge is 0.229 e. The van der Waals surface area contributed by atoms with Crippen molar-refractivity contribution in [1.82, 2.24) is 9.36 Å². The molecular formula is C5H8N2O2S2. The van der Waals surface area contributed by atoms with Crippen LogP contribution in [0.3, 0.4) is 0 Å². The van der Waals surface area contributed by atoms with Gasteiger partial charge >= 0.3 is 0 Å². The van der Waals surface area contributed by atoms with Crippen molar-refractivity contribution >= 4 is 21.4 Å². The third-order valence-corrected chi connectivity index (χ3v) is 2.74. The Bertz CT molecular complexity index is 341. The molecule has 0 bridgehead atoms. The highest BCUT2D eigenvalue weighted by atomic mass is 32.2. The van der Waals surface area contributed by atoms with E-state index in [0.29, 0.717) is 10.8 Å². The Morgan fingerprint density at radius 2 is 2.18 bits per heavy atom. The van der Waals surface area contributed by atoms with Crippen LogP contribution in [0.4, 0.5) is 0 Å². The SMILES string of the molecule is Cc1nsc(CS(C)(=O)=O)n1. The number of nitrogens with zero attached hydrogens (tertiary/aromatic N) is 2. The summed E-state index contributed by atoms with van der Waals surface area (Å²) >= 11 is 1.14. The number of hydrogen-bond acceptors (Lipinski definition) is 5. The average molecular weight is 192 g/mol. The summed E-state index contributed by atoms with van der Waals surface area (Å²) in [4.78, 5) is 3.92. The van der Waals surface area contributed by atoms with Gasteiger partial charge in [-0.2, -0.15) is 4.37 Å². The van der Waals surface area contributed by atoms with Gasteiger partial charge in [0.2, 0.25) is 0 Å². The Hall–Kier alpha value is -0.490. The van der Waals surface area contributed by atoms with Crippen LogP contribution in [0.5, 0.6) is 0 Å². The second kappa shape index (κ2) is 2.86. The van der Waals surface area contributed by atoms with Crippen LogP contribution in [0.2, 0.25) is 0 Å². The number of hydrogen-bond donors (Lipinski definition) is 0. The summed E-state index contributed by atoms with van der Waals surface area (Å²) in [6.07, 6.45) is 1.18. The van der Waals surface area contributed by atoms with Crippen LogP contribution in [0, 0.1) is 6.92 Å². The maximum atomic E-state index is 10.7. The lowest BCUT2D eigenvalue weighted by atomic mass is 10.7. The summed E-state index contributed by atoms with van der Waals surface area (Å²) in [6, 6.07) is 0. The zero-order chi connectivity index (χ0) is 8.48. The highest BCUT2D eigenvalue weighted by Crippen LogP contribution is 2.07. The summed E-state index contributed by atoms with van der Waals surface area (Å²) in [7, 11) is -2.96. The molecule has 0 spiro atoms. The van der Waals surface area contributed by atoms with E-state index in [1.165, 1.54) is 6.26 Å². The Kier molecular flexibility index (Phi) is 2.24. The van der Waals surface area contributed by atoms with E-state index in [0.717, 1.165) is 11.5 Å². The second-order valence-electron chi connectivity index (χ2n) is 2.31. The minimum Gasteiger partial charge on any atom is -0.229 e. The molecule has 62 valence electrons. The van der Waals surface area contributed by atoms with Gasteiger partial charge in [0.05, 0.1) is 0 Å². The molecule has 4 nitrogen and oxygen atoms in total. The molecule has 11 heavy (non-hydrogen) atoms. The quantitative estimate of drug-likeness (QED) is 0.680. The lowest BCUT2D eigenvalue weighted by molar-refractivity contribution is 0.601. The van der Waals surface area contributed by atoms with E-state index in [4.69, 9.17) is 0 Å². The van der Waals surface area contributed by atoms with Crippen LogP contribution < -0.4 is 0 Å². The van der Waals surface area contributed by atoms with Gasteiger partial charge in [-0.3, -0.25) is 0 Å². The standard InChI is InChI=1S/C5H8N2O2S2/c1-4-6-5(10-7-4)3-11(2,8)9/h3H2,1-2H3. The normalized spacial score (nSPS) is 11.8. The maximum absolute atomic E-state index is 10.7. The van der Waals surface area contributed by atoms with Crippen molar-refractivity contribution in [2.75, 3.05) is 6.26 Å². The van der Waals surface area contributed by atoms with Gasteiger partial charge in [0, 0.05) is 6.26 Å². The van der Waals surface area contributed by atoms with E-state index in [9.17, 15) is 8.42 Å². The molecule has 1 aromatic heterocycles. The third-order valence-electron chi connectivity index (χ3n) is 0.955. The molecule has 0 unspecified atom stereocenters. The summed E-state index contributed by atoms with van der Waals surface area (Å²) < 4.78 is 25.4. The zero-order valence-electron chi connectivity index (χ0n) is 6.23. The van der Waals surface area contributed by atoms with Crippen molar-refractivity contribution < 1.29 is 8.42 Å². The molecule has 0 N–H and O–H groups in total. The molecule has 0 saturated heterocycles. The molecule has 1 rings (SSSR count). The lowest BCUT2D eigenvalue weighted by Gasteiger charge is -1.89. The predicted octanol–water partition coefficient (Wildman–Crippen LogP) is 0.391. The van der Waals surface area contributed by atoms with Gasteiger partial charge in [-0.1, -0.05) is 0 Å². The highest BCUT2D eigenvalue weighted by molar-refractivity contribution is 7.90. The van der Waals surface area contributed by atoms with Crippen LogP contribution >= 0.6 is 11.5 Å². The fraction of sp³-hybridized carbons (Fsp3) is 0.600. The van der Waals surface area contributed by atoms with Crippen LogP contribution in [-0.4, -0.2) is 24.0 Å². The Morgan fingerprint density at radius 1 is 1.55 bits per heavy atom. The van der Waals surface area contributed by atoms with Crippen molar-refractivity contribution in [2.24, 2.45) is 0 Å². The molecule has 1 aromatic rings. The predicted molar refractivity (Wildman–Crippen MR) is 43.2 cm³/mol. The molecule has 0 amide bonds. The smallest absolute Gasteiger partial charge is 0.154 e. The Balaban J connectivity index is 2.81. The van der Waals surface area contributed by atoms with Crippen molar-refractivity contribution in [1.29, 1.82) is 0 Å². The fourth-order valence-corrected chi connectivity index (χ4v) is 2.44. The van der Waals surface area contributed by atoms with Crippen LogP contribution in [0.15, 0.2) is 0 Å². The maximum Gasteiger partial charge on any atom is 0.154 e. The number of rotatable bonds is 2. The molecule has 0 aromatic carbocycles. The van der Waals surface area contributed by atoms with Gasteiger partial charge in [-0.05, 0) is 18.5 Å². The van der Waals surface area contributed by atoms with Gasteiger partial charge < -0.3 is 0 Å². The number of aromatic nitrogens is 2. The zero-order valence-corrected chi connectivity index (χ0v) is 7.87. The van der Waals surface area contributed by atoms with Crippen LogP contribution in [-0.2, 0) is 15.6 Å². The van der Waals surface area contributed by atoms with Gasteiger partial charge in [0.1, 0.15) is 16.6 Å². The van der Waals surface area contributed by atoms with Crippen molar-refractivity contribution in [2.45, 2.75) is 12.7 Å². The van der Waals surface area contributed by atoms with Crippen LogP contribution in [0.25, 0.3) is 0 Å². The number of sulfone groups is 1. The monoisotopic (exact) mass is 192 g/mol. The highest BCUT2D eigenvalue weighted by Gasteiger charge is 2.07. The van der Waals surface area contributed by atoms with Crippen molar-refractivity contribution in [3.63, 3.8) is 0 Å². The average Bonchev–Trinajstić information content (AvgIpc) is 2.10. The van der Waals surface area contributed by atoms with Gasteiger partial charge in [-0.25, -0.2) is 13.4 Å². The van der Waals surface area contributed by atoms with Gasteiger partial charge in [0.25, 0.3) is 0 Å². The molecule has 0 aliphatic heterocycles. The van der Waals surface area contributed by atoms with Crippen LogP contribution in [0.1, 0.15) is 10.8 Å². The minimum atomic E-state index is -2.96. The summed E-state index contributed by atoms with van der Waals surface area (Å²) in [5.41, 5.74) is 0. The van der Waals surface area contributed by atoms with Crippen molar-refractivity contribution in [3.05, 3.63) is 10.8 Å². The Labute approximate surface area is 69.4 Å². The molecule has 0 atom stereocenters. The molecule has 0 saturated carbocycles. The first-order valence-electron chi connectivity index (χ1n) is 2.94. The van der Waals surface area contributed by atoms with E-state index < -0.39 is 9.84 Å². The number of aryl methyl sites for hydroxylation is 1. The van der Waals surface area contributed by atoms with Crippen molar-refractivity contribution in [3.8, 4) is 0 Å². The first-order valence-corrected chi connectivity index (χ1v) is 5.78. The molecule has 0 aliphatic rings. The van der Waals surface area contributed by atoms with E-state index in [-0.39, 0.29) is 5.75 Å². The first-order chi connectivity index (χ1) is 4.97. The fourth-order valence-electron chi connectivity index (χ4n) is 0.623. The van der Waals surface area contributed by atoms with E-state index in [1.54, 1.807) is 6.92 Å². The van der Waals surface area contributed by atoms with E-state index in [1.807, 2.05) is 0 Å². The molecule has 6 heteroatoms. The summed E-state index contributed by atoms with van der Waals surface area (Å²) in [6.45, 7) is 1.74. The summed E-state index contributed by atoms with van der Waals surface area (Å²) in [5, 5.41) is 0.560. The second-order valence-corrected chi connectivity index (χ2v) is 5.28. The molecule has 0 fully saturated rings. The molecular weight excluding hydrogens is 184 g/mol. The minimum absolute atomic E-state index is 0.00148. The lowest BCUT2D eigenvalue weighted by Crippen LogP contribution is -1.99. The molecule has 0 radical (unpaired) electrons. The topological polar surface area (TPSA) is 59.9 Å². The molecule has 1 heterocycles. The third kappa shape index (κ3) is 2.94. The van der Waals surface area contributed by atoms with Gasteiger partial charge in [0.15, 0.2) is 9.84 Å².